The van der Waals surface area contributed by atoms with Crippen LogP contribution in [0.5, 0.6) is 0 Å². The molecule has 22 heavy (non-hydrogen) atoms. The lowest BCUT2D eigenvalue weighted by molar-refractivity contribution is 0.462. The van der Waals surface area contributed by atoms with Crippen molar-refractivity contribution in [2.45, 2.75) is 19.9 Å². The van der Waals surface area contributed by atoms with Gasteiger partial charge in [0.25, 0.3) is 0 Å². The van der Waals surface area contributed by atoms with Crippen LogP contribution in [0.15, 0.2) is 47.7 Å². The molecule has 0 radical (unpaired) electrons. The Morgan fingerprint density at radius 3 is 2.82 bits per heavy atom. The van der Waals surface area contributed by atoms with Crippen molar-refractivity contribution in [2.24, 2.45) is 12.0 Å². The van der Waals surface area contributed by atoms with Gasteiger partial charge in [-0.15, -0.1) is 0 Å². The average molecular weight is 299 g/mol. The number of hydrogen-bond donors (Lipinski definition) is 1. The summed E-state index contributed by atoms with van der Waals surface area (Å²) in [6.45, 7) is 4.51. The molecule has 1 N–H and O–H groups in total. The maximum Gasteiger partial charge on any atom is 0.194 e. The second-order valence-electron chi connectivity index (χ2n) is 5.27. The average Bonchev–Trinajstić information content (AvgIpc) is 2.92. The topological polar surface area (TPSA) is 45.5 Å². The van der Waals surface area contributed by atoms with Gasteiger partial charge < -0.3 is 14.8 Å². The highest BCUT2D eigenvalue weighted by Crippen LogP contribution is 2.04. The van der Waals surface area contributed by atoms with Crippen molar-refractivity contribution in [1.29, 1.82) is 0 Å². The van der Waals surface area contributed by atoms with Crippen molar-refractivity contribution in [3.8, 4) is 0 Å². The monoisotopic (exact) mass is 299 g/mol. The first kappa shape index (κ1) is 16.1. The second-order valence-corrected chi connectivity index (χ2v) is 5.27. The van der Waals surface area contributed by atoms with Crippen LogP contribution in [0.2, 0.25) is 0 Å². The molecule has 0 saturated heterocycles. The first-order chi connectivity index (χ1) is 10.7. The molecule has 0 atom stereocenters. The lowest BCUT2D eigenvalue weighted by Gasteiger charge is -2.22. The fourth-order valence-electron chi connectivity index (χ4n) is 2.27. The Labute approximate surface area is 132 Å². The molecule has 2 aromatic heterocycles. The smallest absolute Gasteiger partial charge is 0.194 e. The number of pyridine rings is 1. The molecule has 118 valence electrons. The van der Waals surface area contributed by atoms with Crippen molar-refractivity contribution in [1.82, 2.24) is 19.8 Å². The summed E-state index contributed by atoms with van der Waals surface area (Å²) in [5.74, 6) is 0.930. The van der Waals surface area contributed by atoms with Crippen LogP contribution < -0.4 is 5.32 Å². The molecule has 0 unspecified atom stereocenters. The predicted octanol–water partition coefficient (Wildman–Crippen LogP) is 2.06. The molecule has 0 amide bonds. The van der Waals surface area contributed by atoms with Gasteiger partial charge in [0.1, 0.15) is 0 Å². The summed E-state index contributed by atoms with van der Waals surface area (Å²) in [5, 5.41) is 3.35. The van der Waals surface area contributed by atoms with Gasteiger partial charge in [0, 0.05) is 57.4 Å². The Morgan fingerprint density at radius 2 is 2.18 bits per heavy atom. The van der Waals surface area contributed by atoms with Crippen molar-refractivity contribution in [3.05, 3.63) is 54.1 Å². The van der Waals surface area contributed by atoms with Gasteiger partial charge in [0.05, 0.1) is 6.54 Å². The summed E-state index contributed by atoms with van der Waals surface area (Å²) < 4.78 is 2.13. The zero-order valence-corrected chi connectivity index (χ0v) is 13.7. The van der Waals surface area contributed by atoms with E-state index in [4.69, 9.17) is 4.99 Å². The van der Waals surface area contributed by atoms with Gasteiger partial charge >= 0.3 is 0 Å². The summed E-state index contributed by atoms with van der Waals surface area (Å²) in [6, 6.07) is 10.2. The van der Waals surface area contributed by atoms with Crippen LogP contribution in [-0.2, 0) is 20.0 Å². The van der Waals surface area contributed by atoms with E-state index in [1.165, 1.54) is 5.69 Å². The van der Waals surface area contributed by atoms with Crippen LogP contribution in [0.3, 0.4) is 0 Å². The third kappa shape index (κ3) is 4.62. The number of aliphatic imine (C=N–C) groups is 1. The van der Waals surface area contributed by atoms with Crippen molar-refractivity contribution >= 4 is 5.96 Å². The lowest BCUT2D eigenvalue weighted by atomic mass is 10.3. The maximum absolute atomic E-state index is 4.70. The zero-order valence-electron chi connectivity index (χ0n) is 13.7. The van der Waals surface area contributed by atoms with Crippen LogP contribution in [0.4, 0.5) is 0 Å². The number of nitrogens with zero attached hydrogens (tertiary/aromatic N) is 4. The minimum Gasteiger partial charge on any atom is -0.357 e. The minimum absolute atomic E-state index is 0.733. The van der Waals surface area contributed by atoms with Crippen molar-refractivity contribution in [3.63, 3.8) is 0 Å². The van der Waals surface area contributed by atoms with Gasteiger partial charge in [0.15, 0.2) is 5.96 Å². The summed E-state index contributed by atoms with van der Waals surface area (Å²) in [4.78, 5) is 11.2. The molecule has 0 fully saturated rings. The first-order valence-corrected chi connectivity index (χ1v) is 7.70. The van der Waals surface area contributed by atoms with E-state index in [1.54, 1.807) is 0 Å². The number of nitrogens with one attached hydrogen (secondary N) is 1. The van der Waals surface area contributed by atoms with Crippen LogP contribution in [-0.4, -0.2) is 40.5 Å². The quantitative estimate of drug-likeness (QED) is 0.656. The molecule has 0 saturated carbocycles. The molecule has 5 heteroatoms. The number of aryl methyl sites for hydroxylation is 1. The highest BCUT2D eigenvalue weighted by atomic mass is 15.3. The van der Waals surface area contributed by atoms with E-state index in [9.17, 15) is 0 Å². The Morgan fingerprint density at radius 1 is 1.32 bits per heavy atom. The Hall–Kier alpha value is -2.30. The fraction of sp³-hybridized carbons (Fsp3) is 0.412. The third-order valence-electron chi connectivity index (χ3n) is 3.50. The minimum atomic E-state index is 0.733. The first-order valence-electron chi connectivity index (χ1n) is 7.70. The molecule has 0 aliphatic rings. The predicted molar refractivity (Wildman–Crippen MR) is 90.8 cm³/mol. The Bertz CT molecular complexity index is 588. The summed E-state index contributed by atoms with van der Waals surface area (Å²) in [7, 11) is 4.13. The Kier molecular flexibility index (Phi) is 6.01. The summed E-state index contributed by atoms with van der Waals surface area (Å²) in [5.41, 5.74) is 2.34. The van der Waals surface area contributed by atoms with E-state index in [2.05, 4.69) is 59.1 Å². The van der Waals surface area contributed by atoms with Crippen molar-refractivity contribution in [2.75, 3.05) is 20.1 Å². The largest absolute Gasteiger partial charge is 0.357 e. The molecule has 5 nitrogen and oxygen atoms in total. The number of guanidine groups is 1. The highest BCUT2D eigenvalue weighted by molar-refractivity contribution is 5.79. The third-order valence-corrected chi connectivity index (χ3v) is 3.50. The van der Waals surface area contributed by atoms with Crippen LogP contribution in [0.1, 0.15) is 18.3 Å². The summed E-state index contributed by atoms with van der Waals surface area (Å²) >= 11 is 0. The molecule has 0 spiro atoms. The second kappa shape index (κ2) is 8.22. The van der Waals surface area contributed by atoms with Gasteiger partial charge in [0.2, 0.25) is 0 Å². The molecule has 0 aromatic carbocycles. The van der Waals surface area contributed by atoms with Crippen LogP contribution in [0, 0.1) is 0 Å². The normalized spacial score (nSPS) is 11.5. The lowest BCUT2D eigenvalue weighted by Crippen LogP contribution is -2.39. The van der Waals surface area contributed by atoms with E-state index in [-0.39, 0.29) is 0 Å². The molecule has 0 aliphatic heterocycles. The SMILES string of the molecule is CCNC(=NCCc1ccccn1)N(C)Cc1cccn1C. The summed E-state index contributed by atoms with van der Waals surface area (Å²) in [6.07, 6.45) is 4.74. The van der Waals surface area contributed by atoms with Gasteiger partial charge in [-0.3, -0.25) is 9.98 Å². The highest BCUT2D eigenvalue weighted by Gasteiger charge is 2.08. The van der Waals surface area contributed by atoms with Gasteiger partial charge in [-0.05, 0) is 31.2 Å². The number of rotatable bonds is 6. The molecule has 2 aromatic rings. The van der Waals surface area contributed by atoms with Crippen molar-refractivity contribution < 1.29 is 0 Å². The fourth-order valence-corrected chi connectivity index (χ4v) is 2.27. The molecule has 2 heterocycles. The molecular formula is C17H25N5. The van der Waals surface area contributed by atoms with E-state index < -0.39 is 0 Å². The maximum atomic E-state index is 4.70. The van der Waals surface area contributed by atoms with Gasteiger partial charge in [-0.2, -0.15) is 0 Å². The van der Waals surface area contributed by atoms with E-state index in [0.717, 1.165) is 37.7 Å². The van der Waals surface area contributed by atoms with Gasteiger partial charge in [-0.25, -0.2) is 0 Å². The zero-order chi connectivity index (χ0) is 15.8. The van der Waals surface area contributed by atoms with E-state index in [1.807, 2.05) is 24.4 Å². The van der Waals surface area contributed by atoms with E-state index >= 15 is 0 Å². The molecule has 2 rings (SSSR count). The van der Waals surface area contributed by atoms with Gasteiger partial charge in [-0.1, -0.05) is 6.07 Å². The molecular weight excluding hydrogens is 274 g/mol. The van der Waals surface area contributed by atoms with Crippen LogP contribution in [0.25, 0.3) is 0 Å². The standard InChI is InChI=1S/C17H25N5/c1-4-18-17(20-12-10-15-8-5-6-11-19-15)22(3)14-16-9-7-13-21(16)2/h5-9,11,13H,4,10,12,14H2,1-3H3,(H,18,20). The van der Waals surface area contributed by atoms with E-state index in [0.29, 0.717) is 0 Å². The molecule has 0 aliphatic carbocycles. The van der Waals surface area contributed by atoms with Crippen LogP contribution >= 0.6 is 0 Å². The Balaban J connectivity index is 1.95. The number of aromatic nitrogens is 2. The number of hydrogen-bond acceptors (Lipinski definition) is 2. The molecule has 0 bridgehead atoms.